The van der Waals surface area contributed by atoms with Crippen molar-refractivity contribution in [2.45, 2.75) is 25.1 Å². The predicted molar refractivity (Wildman–Crippen MR) is 79.4 cm³/mol. The van der Waals surface area contributed by atoms with Gasteiger partial charge in [0.2, 0.25) is 0 Å². The number of rotatable bonds is 3. The number of hydrogen-bond acceptors (Lipinski definition) is 5. The number of aromatic nitrogens is 1. The number of hydrogen-bond donors (Lipinski definition) is 2. The minimum atomic E-state index is -4.52. The van der Waals surface area contributed by atoms with Crippen molar-refractivity contribution in [1.29, 1.82) is 5.26 Å². The second-order valence-electron chi connectivity index (χ2n) is 5.27. The lowest BCUT2D eigenvalue weighted by atomic mass is 10.1. The smallest absolute Gasteiger partial charge is 0.425 e. The Kier molecular flexibility index (Phi) is 3.93. The maximum Gasteiger partial charge on any atom is 0.425 e. The first kappa shape index (κ1) is 16.3. The first-order valence-corrected chi connectivity index (χ1v) is 7.73. The van der Waals surface area contributed by atoms with Gasteiger partial charge in [0.25, 0.3) is 5.91 Å². The van der Waals surface area contributed by atoms with Crippen LogP contribution < -0.4 is 5.32 Å². The molecule has 1 fully saturated rings. The van der Waals surface area contributed by atoms with E-state index in [0.29, 0.717) is 11.3 Å². The van der Waals surface area contributed by atoms with Crippen LogP contribution in [0, 0.1) is 11.3 Å². The summed E-state index contributed by atoms with van der Waals surface area (Å²) in [6, 6.07) is 4.91. The van der Waals surface area contributed by atoms with E-state index in [9.17, 15) is 23.1 Å². The Labute approximate surface area is 138 Å². The van der Waals surface area contributed by atoms with Gasteiger partial charge in [-0.05, 0) is 31.0 Å². The number of nitriles is 1. The SMILES string of the molecule is N#Cc1cc(C(=O)NC2CC2)nc(-c2ccc(C(F)(F)F)s2)c1O. The lowest BCUT2D eigenvalue weighted by molar-refractivity contribution is -0.134. The summed E-state index contributed by atoms with van der Waals surface area (Å²) in [5.41, 5.74) is -0.549. The predicted octanol–water partition coefficient (Wildman–Crippen LogP) is 3.30. The van der Waals surface area contributed by atoms with Crippen LogP contribution in [0.15, 0.2) is 18.2 Å². The molecule has 0 unspecified atom stereocenters. The molecule has 2 heterocycles. The van der Waals surface area contributed by atoms with E-state index >= 15 is 0 Å². The lowest BCUT2D eigenvalue weighted by Crippen LogP contribution is -2.26. The third-order valence-corrected chi connectivity index (χ3v) is 4.51. The van der Waals surface area contributed by atoms with E-state index in [0.717, 1.165) is 31.0 Å². The van der Waals surface area contributed by atoms with Crippen molar-refractivity contribution in [3.8, 4) is 22.4 Å². The quantitative estimate of drug-likeness (QED) is 0.886. The van der Waals surface area contributed by atoms with E-state index in [1.165, 1.54) is 0 Å². The van der Waals surface area contributed by atoms with Gasteiger partial charge in [0.15, 0.2) is 5.75 Å². The molecule has 2 N–H and O–H groups in total. The average Bonchev–Trinajstić information content (AvgIpc) is 3.18. The molecule has 1 aliphatic rings. The van der Waals surface area contributed by atoms with Gasteiger partial charge in [0.1, 0.15) is 22.3 Å². The molecule has 9 heteroatoms. The van der Waals surface area contributed by atoms with Gasteiger partial charge < -0.3 is 10.4 Å². The summed E-state index contributed by atoms with van der Waals surface area (Å²) in [5.74, 6) is -1.07. The van der Waals surface area contributed by atoms with Gasteiger partial charge in [-0.2, -0.15) is 18.4 Å². The summed E-state index contributed by atoms with van der Waals surface area (Å²) in [4.78, 5) is 15.2. The van der Waals surface area contributed by atoms with Crippen LogP contribution in [0.1, 0.15) is 33.8 Å². The second kappa shape index (κ2) is 5.79. The second-order valence-corrected chi connectivity index (χ2v) is 6.36. The summed E-state index contributed by atoms with van der Waals surface area (Å²) in [7, 11) is 0. The van der Waals surface area contributed by atoms with E-state index in [4.69, 9.17) is 5.26 Å². The minimum Gasteiger partial charge on any atom is -0.504 e. The molecule has 124 valence electrons. The number of halogens is 3. The molecule has 0 saturated heterocycles. The number of pyridine rings is 1. The highest BCUT2D eigenvalue weighted by Gasteiger charge is 2.33. The van der Waals surface area contributed by atoms with Crippen molar-refractivity contribution in [2.75, 3.05) is 0 Å². The highest BCUT2D eigenvalue weighted by atomic mass is 32.1. The maximum atomic E-state index is 12.7. The summed E-state index contributed by atoms with van der Waals surface area (Å²) in [5, 5.41) is 21.8. The number of amides is 1. The van der Waals surface area contributed by atoms with Crippen LogP contribution in [0.3, 0.4) is 0 Å². The summed E-state index contributed by atoms with van der Waals surface area (Å²) in [6.07, 6.45) is -2.82. The molecule has 1 amide bonds. The lowest BCUT2D eigenvalue weighted by Gasteiger charge is -2.08. The normalized spacial score (nSPS) is 14.2. The van der Waals surface area contributed by atoms with Crippen molar-refractivity contribution in [3.05, 3.63) is 34.3 Å². The summed E-state index contributed by atoms with van der Waals surface area (Å²) < 4.78 is 38.2. The third-order valence-electron chi connectivity index (χ3n) is 3.38. The zero-order valence-corrected chi connectivity index (χ0v) is 12.8. The van der Waals surface area contributed by atoms with Crippen LogP contribution in [0.4, 0.5) is 13.2 Å². The number of aromatic hydroxyl groups is 1. The highest BCUT2D eigenvalue weighted by Crippen LogP contribution is 2.41. The van der Waals surface area contributed by atoms with Gasteiger partial charge in [0, 0.05) is 6.04 Å². The molecule has 0 aromatic carbocycles. The van der Waals surface area contributed by atoms with E-state index in [1.54, 1.807) is 6.07 Å². The van der Waals surface area contributed by atoms with Crippen LogP contribution in [0.25, 0.3) is 10.6 Å². The molecule has 0 spiro atoms. The average molecular weight is 353 g/mol. The fourth-order valence-corrected chi connectivity index (χ4v) is 2.88. The fraction of sp³-hybridized carbons (Fsp3) is 0.267. The molecule has 2 aromatic heterocycles. The monoisotopic (exact) mass is 353 g/mol. The molecule has 0 radical (unpaired) electrons. The topological polar surface area (TPSA) is 86.0 Å². The molecular weight excluding hydrogens is 343 g/mol. The Morgan fingerprint density at radius 2 is 2.12 bits per heavy atom. The van der Waals surface area contributed by atoms with E-state index in [-0.39, 0.29) is 27.9 Å². The van der Waals surface area contributed by atoms with E-state index in [1.807, 2.05) is 0 Å². The van der Waals surface area contributed by atoms with Crippen LogP contribution in [-0.4, -0.2) is 22.0 Å². The molecule has 0 atom stereocenters. The Morgan fingerprint density at radius 3 is 2.67 bits per heavy atom. The first-order chi connectivity index (χ1) is 11.3. The summed E-state index contributed by atoms with van der Waals surface area (Å²) >= 11 is 0.384. The van der Waals surface area contributed by atoms with Crippen LogP contribution in [0.5, 0.6) is 5.75 Å². The van der Waals surface area contributed by atoms with Gasteiger partial charge in [-0.25, -0.2) is 4.98 Å². The minimum absolute atomic E-state index is 0.0254. The summed E-state index contributed by atoms with van der Waals surface area (Å²) in [6.45, 7) is 0. The molecular formula is C15H10F3N3O2S. The van der Waals surface area contributed by atoms with Gasteiger partial charge in [-0.3, -0.25) is 4.79 Å². The molecule has 24 heavy (non-hydrogen) atoms. The zero-order valence-electron chi connectivity index (χ0n) is 12.0. The van der Waals surface area contributed by atoms with Crippen LogP contribution in [-0.2, 0) is 6.18 Å². The molecule has 5 nitrogen and oxygen atoms in total. The molecule has 0 aliphatic heterocycles. The van der Waals surface area contributed by atoms with Gasteiger partial charge >= 0.3 is 6.18 Å². The maximum absolute atomic E-state index is 12.7. The van der Waals surface area contributed by atoms with Crippen LogP contribution >= 0.6 is 11.3 Å². The van der Waals surface area contributed by atoms with Crippen LogP contribution in [0.2, 0.25) is 0 Å². The first-order valence-electron chi connectivity index (χ1n) is 6.92. The number of alkyl halides is 3. The molecule has 0 bridgehead atoms. The number of thiophene rings is 1. The standard InChI is InChI=1S/C15H10F3N3O2S/c16-15(17,18)11-4-3-10(24-11)12-13(22)7(6-19)5-9(21-12)14(23)20-8-1-2-8/h3-5,8,22H,1-2H2,(H,20,23). The molecule has 3 rings (SSSR count). The fourth-order valence-electron chi connectivity index (χ4n) is 2.02. The third kappa shape index (κ3) is 3.19. The highest BCUT2D eigenvalue weighted by molar-refractivity contribution is 7.15. The molecule has 1 aliphatic carbocycles. The van der Waals surface area contributed by atoms with Crippen molar-refractivity contribution < 1.29 is 23.1 Å². The Morgan fingerprint density at radius 1 is 1.42 bits per heavy atom. The largest absolute Gasteiger partial charge is 0.504 e. The Hall–Kier alpha value is -2.60. The zero-order chi connectivity index (χ0) is 17.5. The van der Waals surface area contributed by atoms with Crippen molar-refractivity contribution in [2.24, 2.45) is 0 Å². The van der Waals surface area contributed by atoms with E-state index in [2.05, 4.69) is 10.3 Å². The van der Waals surface area contributed by atoms with Crippen molar-refractivity contribution in [1.82, 2.24) is 10.3 Å². The Balaban J connectivity index is 2.04. The van der Waals surface area contributed by atoms with E-state index < -0.39 is 22.7 Å². The number of carbonyl (C=O) groups excluding carboxylic acids is 1. The van der Waals surface area contributed by atoms with Gasteiger partial charge in [-0.1, -0.05) is 0 Å². The van der Waals surface area contributed by atoms with Gasteiger partial charge in [-0.15, -0.1) is 11.3 Å². The number of carbonyl (C=O) groups is 1. The Bertz CT molecular complexity index is 851. The number of nitrogens with one attached hydrogen (secondary N) is 1. The number of nitrogens with zero attached hydrogens (tertiary/aromatic N) is 2. The molecule has 1 saturated carbocycles. The van der Waals surface area contributed by atoms with Gasteiger partial charge in [0.05, 0.1) is 10.4 Å². The molecule has 2 aromatic rings. The van der Waals surface area contributed by atoms with Crippen molar-refractivity contribution >= 4 is 17.2 Å². The van der Waals surface area contributed by atoms with Crippen molar-refractivity contribution in [3.63, 3.8) is 0 Å².